The summed E-state index contributed by atoms with van der Waals surface area (Å²) in [4.78, 5) is 15.3. The summed E-state index contributed by atoms with van der Waals surface area (Å²) in [5, 5.41) is 11.7. The lowest BCUT2D eigenvalue weighted by atomic mass is 10.0. The number of hydrogen-bond donors (Lipinski definition) is 1. The number of likely N-dealkylation sites (tertiary alicyclic amines) is 1. The van der Waals surface area contributed by atoms with Gasteiger partial charge in [0.15, 0.2) is 0 Å². The van der Waals surface area contributed by atoms with Gasteiger partial charge in [0, 0.05) is 25.6 Å². The van der Waals surface area contributed by atoms with Crippen molar-refractivity contribution in [2.45, 2.75) is 64.0 Å². The van der Waals surface area contributed by atoms with Crippen molar-refractivity contribution < 1.29 is 4.79 Å². The molecule has 2 aliphatic rings. The average molecular weight is 382 g/mol. The molecule has 0 aliphatic carbocycles. The second kappa shape index (κ2) is 9.32. The summed E-state index contributed by atoms with van der Waals surface area (Å²) in [6.07, 6.45) is 8.81. The number of fused-ring (bicyclic) bond motifs is 1. The van der Waals surface area contributed by atoms with Crippen molar-refractivity contribution >= 4 is 5.91 Å². The zero-order valence-corrected chi connectivity index (χ0v) is 16.6. The average Bonchev–Trinajstić information content (AvgIpc) is 2.98. The fourth-order valence-corrected chi connectivity index (χ4v) is 4.43. The van der Waals surface area contributed by atoms with Gasteiger partial charge in [-0.3, -0.25) is 4.79 Å². The van der Waals surface area contributed by atoms with Gasteiger partial charge in [-0.2, -0.15) is 0 Å². The van der Waals surface area contributed by atoms with Crippen LogP contribution in [-0.2, 0) is 19.4 Å². The number of piperidine rings is 1. The summed E-state index contributed by atoms with van der Waals surface area (Å²) in [5.74, 6) is 1.41. The summed E-state index contributed by atoms with van der Waals surface area (Å²) >= 11 is 0. The molecule has 6 nitrogen and oxygen atoms in total. The maximum atomic E-state index is 12.8. The minimum absolute atomic E-state index is 0.0585. The standard InChI is InChI=1S/C22H31N5O/c28-22(21-25-24-20-13-5-2-6-16-27(20)21)23-19-12-8-15-26(17-19)14-7-11-18-9-3-1-4-10-18/h1,3-4,9-10,19H,2,5-8,11-17H2,(H,23,28). The molecule has 1 atom stereocenters. The first-order valence-electron chi connectivity index (χ1n) is 10.8. The van der Waals surface area contributed by atoms with Gasteiger partial charge >= 0.3 is 0 Å². The van der Waals surface area contributed by atoms with Gasteiger partial charge in [-0.05, 0) is 57.2 Å². The Morgan fingerprint density at radius 1 is 1.07 bits per heavy atom. The molecule has 3 heterocycles. The van der Waals surface area contributed by atoms with Crippen LogP contribution in [0.3, 0.4) is 0 Å². The zero-order valence-electron chi connectivity index (χ0n) is 16.6. The topological polar surface area (TPSA) is 63.1 Å². The normalized spacial score (nSPS) is 20.4. The van der Waals surface area contributed by atoms with E-state index in [4.69, 9.17) is 0 Å². The minimum atomic E-state index is -0.0585. The van der Waals surface area contributed by atoms with E-state index in [1.165, 1.54) is 12.0 Å². The zero-order chi connectivity index (χ0) is 19.2. The molecule has 1 fully saturated rings. The van der Waals surface area contributed by atoms with E-state index < -0.39 is 0 Å². The number of carbonyl (C=O) groups is 1. The van der Waals surface area contributed by atoms with Crippen LogP contribution in [0.4, 0.5) is 0 Å². The van der Waals surface area contributed by atoms with Crippen LogP contribution in [0.5, 0.6) is 0 Å². The first-order valence-corrected chi connectivity index (χ1v) is 10.8. The van der Waals surface area contributed by atoms with Crippen molar-refractivity contribution in [2.75, 3.05) is 19.6 Å². The van der Waals surface area contributed by atoms with Crippen LogP contribution in [0, 0.1) is 0 Å². The Morgan fingerprint density at radius 3 is 2.86 bits per heavy atom. The molecule has 2 aliphatic heterocycles. The highest BCUT2D eigenvalue weighted by atomic mass is 16.2. The lowest BCUT2D eigenvalue weighted by molar-refractivity contribution is 0.0887. The molecule has 28 heavy (non-hydrogen) atoms. The molecule has 0 radical (unpaired) electrons. The second-order valence-corrected chi connectivity index (χ2v) is 8.10. The molecule has 1 aromatic heterocycles. The molecule has 2 aromatic rings. The molecule has 1 saturated heterocycles. The van der Waals surface area contributed by atoms with E-state index in [1.807, 2.05) is 4.57 Å². The Hall–Kier alpha value is -2.21. The molecule has 1 aromatic carbocycles. The van der Waals surface area contributed by atoms with Gasteiger partial charge in [0.25, 0.3) is 5.91 Å². The first kappa shape index (κ1) is 19.1. The SMILES string of the molecule is O=C(NC1CCCN(CCCc2ccccc2)C1)c1nnc2n1CCCCC2. The monoisotopic (exact) mass is 381 g/mol. The highest BCUT2D eigenvalue weighted by Gasteiger charge is 2.25. The van der Waals surface area contributed by atoms with Crippen LogP contribution in [0.2, 0.25) is 0 Å². The number of aryl methyl sites for hydroxylation is 2. The summed E-state index contributed by atoms with van der Waals surface area (Å²) in [7, 11) is 0. The van der Waals surface area contributed by atoms with Crippen molar-refractivity contribution in [2.24, 2.45) is 0 Å². The maximum absolute atomic E-state index is 12.8. The quantitative estimate of drug-likeness (QED) is 0.836. The third-order valence-electron chi connectivity index (χ3n) is 5.94. The maximum Gasteiger partial charge on any atom is 0.289 e. The Morgan fingerprint density at radius 2 is 1.96 bits per heavy atom. The van der Waals surface area contributed by atoms with E-state index in [9.17, 15) is 4.79 Å². The molecule has 4 rings (SSSR count). The summed E-state index contributed by atoms with van der Waals surface area (Å²) in [6, 6.07) is 10.9. The van der Waals surface area contributed by atoms with E-state index in [-0.39, 0.29) is 11.9 Å². The van der Waals surface area contributed by atoms with E-state index in [0.29, 0.717) is 5.82 Å². The van der Waals surface area contributed by atoms with Crippen LogP contribution in [0.1, 0.15) is 60.5 Å². The van der Waals surface area contributed by atoms with Crippen LogP contribution in [-0.4, -0.2) is 51.2 Å². The molecule has 0 bridgehead atoms. The molecule has 1 N–H and O–H groups in total. The van der Waals surface area contributed by atoms with Crippen LogP contribution in [0.15, 0.2) is 30.3 Å². The van der Waals surface area contributed by atoms with Crippen LogP contribution >= 0.6 is 0 Å². The predicted molar refractivity (Wildman–Crippen MR) is 109 cm³/mol. The van der Waals surface area contributed by atoms with Crippen molar-refractivity contribution in [3.63, 3.8) is 0 Å². The Kier molecular flexibility index (Phi) is 6.37. The Labute approximate surface area is 167 Å². The number of hydrogen-bond acceptors (Lipinski definition) is 4. The number of carbonyl (C=O) groups excluding carboxylic acids is 1. The van der Waals surface area contributed by atoms with Crippen molar-refractivity contribution in [3.05, 3.63) is 47.5 Å². The van der Waals surface area contributed by atoms with E-state index >= 15 is 0 Å². The number of nitrogens with zero attached hydrogens (tertiary/aromatic N) is 4. The Balaban J connectivity index is 1.28. The van der Waals surface area contributed by atoms with Gasteiger partial charge in [0.2, 0.25) is 5.82 Å². The third kappa shape index (κ3) is 4.79. The lowest BCUT2D eigenvalue weighted by Crippen LogP contribution is -2.48. The minimum Gasteiger partial charge on any atom is -0.345 e. The molecular weight excluding hydrogens is 350 g/mol. The van der Waals surface area contributed by atoms with Gasteiger partial charge in [-0.25, -0.2) is 0 Å². The lowest BCUT2D eigenvalue weighted by Gasteiger charge is -2.33. The number of nitrogens with one attached hydrogen (secondary N) is 1. The largest absolute Gasteiger partial charge is 0.345 e. The molecule has 0 spiro atoms. The number of amides is 1. The summed E-state index contributed by atoms with van der Waals surface area (Å²) < 4.78 is 2.03. The van der Waals surface area contributed by atoms with Gasteiger partial charge in [-0.1, -0.05) is 36.8 Å². The fraction of sp³-hybridized carbons (Fsp3) is 0.591. The molecule has 1 amide bonds. The van der Waals surface area contributed by atoms with E-state index in [2.05, 4.69) is 50.7 Å². The third-order valence-corrected chi connectivity index (χ3v) is 5.94. The van der Waals surface area contributed by atoms with Gasteiger partial charge < -0.3 is 14.8 Å². The Bertz CT molecular complexity index is 772. The molecule has 6 heteroatoms. The smallest absolute Gasteiger partial charge is 0.289 e. The number of benzene rings is 1. The van der Waals surface area contributed by atoms with Crippen LogP contribution in [0.25, 0.3) is 0 Å². The van der Waals surface area contributed by atoms with Gasteiger partial charge in [-0.15, -0.1) is 10.2 Å². The molecule has 0 saturated carbocycles. The fourth-order valence-electron chi connectivity index (χ4n) is 4.43. The van der Waals surface area contributed by atoms with Gasteiger partial charge in [0.05, 0.1) is 0 Å². The molecular formula is C22H31N5O. The molecule has 1 unspecified atom stereocenters. The second-order valence-electron chi connectivity index (χ2n) is 8.10. The number of aromatic nitrogens is 3. The van der Waals surface area contributed by atoms with Crippen molar-refractivity contribution in [1.82, 2.24) is 25.0 Å². The highest BCUT2D eigenvalue weighted by molar-refractivity contribution is 5.90. The summed E-state index contributed by atoms with van der Waals surface area (Å²) in [5.41, 5.74) is 1.40. The summed E-state index contributed by atoms with van der Waals surface area (Å²) in [6.45, 7) is 4.01. The number of rotatable bonds is 6. The van der Waals surface area contributed by atoms with Crippen molar-refractivity contribution in [1.29, 1.82) is 0 Å². The molecule has 150 valence electrons. The van der Waals surface area contributed by atoms with Crippen LogP contribution < -0.4 is 5.32 Å². The van der Waals surface area contributed by atoms with Gasteiger partial charge in [0.1, 0.15) is 5.82 Å². The highest BCUT2D eigenvalue weighted by Crippen LogP contribution is 2.16. The van der Waals surface area contributed by atoms with E-state index in [0.717, 1.165) is 76.9 Å². The van der Waals surface area contributed by atoms with Crippen molar-refractivity contribution in [3.8, 4) is 0 Å². The predicted octanol–water partition coefficient (Wildman–Crippen LogP) is 2.83. The van der Waals surface area contributed by atoms with E-state index in [1.54, 1.807) is 0 Å². The first-order chi connectivity index (χ1) is 13.8.